The smallest absolute Gasteiger partial charge is 0.357 e. The number of carbonyl (C=O) groups is 2. The quantitative estimate of drug-likeness (QED) is 0.386. The molecule has 0 N–H and O–H groups in total. The molecule has 0 aromatic heterocycles. The van der Waals surface area contributed by atoms with Crippen molar-refractivity contribution in [3.63, 3.8) is 0 Å². The number of hydrogen-bond acceptors (Lipinski definition) is 5. The van der Waals surface area contributed by atoms with Crippen molar-refractivity contribution in [1.29, 1.82) is 0 Å². The van der Waals surface area contributed by atoms with E-state index in [1.165, 1.54) is 25.8 Å². The fourth-order valence-electron chi connectivity index (χ4n) is 0.732. The van der Waals surface area contributed by atoms with Crippen molar-refractivity contribution in [1.82, 2.24) is 0 Å². The Bertz CT molecular complexity index is 193. The second-order valence-corrected chi connectivity index (χ2v) is 3.86. The molecule has 0 rings (SSSR count). The lowest BCUT2D eigenvalue weighted by Crippen LogP contribution is -2.24. The van der Waals surface area contributed by atoms with E-state index in [4.69, 9.17) is 4.74 Å². The largest absolute Gasteiger partial charge is 0.466 e. The molecule has 0 bridgehead atoms. The number of methoxy groups -OCH3 is 1. The van der Waals surface area contributed by atoms with Crippen LogP contribution in [0.4, 0.5) is 0 Å². The molecule has 0 fully saturated rings. The molecule has 0 aromatic rings. The van der Waals surface area contributed by atoms with Crippen molar-refractivity contribution < 1.29 is 19.1 Å². The third-order valence-electron chi connectivity index (χ3n) is 1.43. The summed E-state index contributed by atoms with van der Waals surface area (Å²) in [5, 5.41) is 0. The second kappa shape index (κ2) is 7.67. The minimum absolute atomic E-state index is 0.468. The van der Waals surface area contributed by atoms with Crippen LogP contribution in [0.3, 0.4) is 0 Å². The molecular formula is C9H16O4S. The molecule has 4 nitrogen and oxygen atoms in total. The van der Waals surface area contributed by atoms with Gasteiger partial charge in [0.2, 0.25) is 5.44 Å². The van der Waals surface area contributed by atoms with Gasteiger partial charge in [-0.3, -0.25) is 4.79 Å². The predicted molar refractivity (Wildman–Crippen MR) is 54.9 cm³/mol. The van der Waals surface area contributed by atoms with E-state index in [0.717, 1.165) is 18.6 Å². The molecule has 0 aliphatic carbocycles. The van der Waals surface area contributed by atoms with Crippen LogP contribution in [0, 0.1) is 0 Å². The summed E-state index contributed by atoms with van der Waals surface area (Å²) in [4.78, 5) is 21.8. The van der Waals surface area contributed by atoms with Crippen LogP contribution in [0.15, 0.2) is 0 Å². The van der Waals surface area contributed by atoms with Crippen molar-refractivity contribution in [2.75, 3.05) is 12.9 Å². The van der Waals surface area contributed by atoms with Gasteiger partial charge in [0.05, 0.1) is 7.11 Å². The molecule has 82 valence electrons. The standard InChI is InChI=1S/C9H16O4S/c1-4-5-6-14-9(8(11)12-3)13-7(2)10/h9H,4-6H2,1-3H3/t9-/m0/s1. The molecule has 1 atom stereocenters. The number of carbonyl (C=O) groups excluding carboxylic acids is 2. The van der Waals surface area contributed by atoms with Crippen LogP contribution in [0.25, 0.3) is 0 Å². The van der Waals surface area contributed by atoms with Gasteiger partial charge in [0.25, 0.3) is 0 Å². The molecule has 14 heavy (non-hydrogen) atoms. The Morgan fingerprint density at radius 3 is 2.50 bits per heavy atom. The molecule has 0 aliphatic rings. The van der Waals surface area contributed by atoms with Gasteiger partial charge >= 0.3 is 11.9 Å². The van der Waals surface area contributed by atoms with Gasteiger partial charge in [-0.25, -0.2) is 4.79 Å². The van der Waals surface area contributed by atoms with Crippen LogP contribution < -0.4 is 0 Å². The van der Waals surface area contributed by atoms with Crippen LogP contribution in [0.2, 0.25) is 0 Å². The van der Waals surface area contributed by atoms with E-state index >= 15 is 0 Å². The molecule has 0 spiro atoms. The Hall–Kier alpha value is -0.710. The number of unbranched alkanes of at least 4 members (excludes halogenated alkanes) is 1. The number of hydrogen-bond donors (Lipinski definition) is 0. The van der Waals surface area contributed by atoms with Crippen molar-refractivity contribution in [2.24, 2.45) is 0 Å². The van der Waals surface area contributed by atoms with E-state index < -0.39 is 17.4 Å². The molecule has 5 heteroatoms. The normalized spacial score (nSPS) is 11.9. The van der Waals surface area contributed by atoms with Crippen molar-refractivity contribution >= 4 is 23.7 Å². The molecule has 0 heterocycles. The maximum atomic E-state index is 11.1. The van der Waals surface area contributed by atoms with E-state index in [2.05, 4.69) is 11.7 Å². The Kier molecular flexibility index (Phi) is 7.28. The molecule has 0 amide bonds. The number of esters is 2. The zero-order valence-electron chi connectivity index (χ0n) is 8.74. The Balaban J connectivity index is 3.97. The summed E-state index contributed by atoms with van der Waals surface area (Å²) >= 11 is 1.29. The average Bonchev–Trinajstić information content (AvgIpc) is 2.15. The number of ether oxygens (including phenoxy) is 2. The van der Waals surface area contributed by atoms with Crippen LogP contribution in [-0.2, 0) is 19.1 Å². The number of thioether (sulfide) groups is 1. The first-order valence-corrected chi connectivity index (χ1v) is 5.53. The third kappa shape index (κ3) is 5.85. The van der Waals surface area contributed by atoms with Crippen LogP contribution in [0.1, 0.15) is 26.7 Å². The fraction of sp³-hybridized carbons (Fsp3) is 0.778. The highest BCUT2D eigenvalue weighted by Gasteiger charge is 2.22. The molecule has 0 unspecified atom stereocenters. The molecule has 0 aliphatic heterocycles. The minimum Gasteiger partial charge on any atom is -0.466 e. The van der Waals surface area contributed by atoms with Gasteiger partial charge in [0.1, 0.15) is 0 Å². The van der Waals surface area contributed by atoms with E-state index in [1.807, 2.05) is 0 Å². The Morgan fingerprint density at radius 2 is 2.07 bits per heavy atom. The maximum absolute atomic E-state index is 11.1. The summed E-state index contributed by atoms with van der Waals surface area (Å²) in [5.41, 5.74) is -0.816. The van der Waals surface area contributed by atoms with Gasteiger partial charge in [-0.05, 0) is 12.2 Å². The summed E-state index contributed by atoms with van der Waals surface area (Å²) in [5.74, 6) is -0.200. The van der Waals surface area contributed by atoms with Gasteiger partial charge in [-0.1, -0.05) is 13.3 Å². The second-order valence-electron chi connectivity index (χ2n) is 2.69. The highest BCUT2D eigenvalue weighted by molar-refractivity contribution is 8.00. The lowest BCUT2D eigenvalue weighted by Gasteiger charge is -2.13. The lowest BCUT2D eigenvalue weighted by atomic mass is 10.4. The van der Waals surface area contributed by atoms with E-state index in [1.54, 1.807) is 0 Å². The first kappa shape index (κ1) is 13.3. The third-order valence-corrected chi connectivity index (χ3v) is 2.55. The zero-order chi connectivity index (χ0) is 11.0. The van der Waals surface area contributed by atoms with E-state index in [-0.39, 0.29) is 0 Å². The van der Waals surface area contributed by atoms with Gasteiger partial charge in [-0.15, -0.1) is 11.8 Å². The summed E-state index contributed by atoms with van der Waals surface area (Å²) in [6, 6.07) is 0. The van der Waals surface area contributed by atoms with Crippen LogP contribution in [0.5, 0.6) is 0 Å². The molecule has 0 radical (unpaired) electrons. The van der Waals surface area contributed by atoms with Gasteiger partial charge in [-0.2, -0.15) is 0 Å². The molecule has 0 saturated carbocycles. The first-order valence-electron chi connectivity index (χ1n) is 4.48. The van der Waals surface area contributed by atoms with E-state index in [9.17, 15) is 9.59 Å². The number of rotatable bonds is 6. The van der Waals surface area contributed by atoms with Crippen molar-refractivity contribution in [3.05, 3.63) is 0 Å². The monoisotopic (exact) mass is 220 g/mol. The summed E-state index contributed by atoms with van der Waals surface area (Å²) in [6.07, 6.45) is 2.03. The molecular weight excluding hydrogens is 204 g/mol. The van der Waals surface area contributed by atoms with Crippen molar-refractivity contribution in [3.8, 4) is 0 Å². The van der Waals surface area contributed by atoms with Crippen LogP contribution in [-0.4, -0.2) is 30.2 Å². The lowest BCUT2D eigenvalue weighted by molar-refractivity contribution is -0.158. The Morgan fingerprint density at radius 1 is 1.43 bits per heavy atom. The summed E-state index contributed by atoms with van der Waals surface area (Å²) < 4.78 is 9.31. The zero-order valence-corrected chi connectivity index (χ0v) is 9.56. The molecule has 0 saturated heterocycles. The fourth-order valence-corrected chi connectivity index (χ4v) is 1.84. The average molecular weight is 220 g/mol. The molecule has 0 aromatic carbocycles. The SMILES string of the molecule is CCCCS[C@H](OC(C)=O)C(=O)OC. The van der Waals surface area contributed by atoms with Crippen LogP contribution >= 0.6 is 11.8 Å². The van der Waals surface area contributed by atoms with Gasteiger partial charge in [0, 0.05) is 6.92 Å². The minimum atomic E-state index is -0.816. The van der Waals surface area contributed by atoms with Gasteiger partial charge in [0.15, 0.2) is 0 Å². The Labute approximate surface area is 88.3 Å². The summed E-state index contributed by atoms with van der Waals surface area (Å²) in [7, 11) is 1.28. The highest BCUT2D eigenvalue weighted by Crippen LogP contribution is 2.16. The maximum Gasteiger partial charge on any atom is 0.357 e. The first-order chi connectivity index (χ1) is 6.61. The summed E-state index contributed by atoms with van der Waals surface area (Å²) in [6.45, 7) is 3.33. The van der Waals surface area contributed by atoms with Gasteiger partial charge < -0.3 is 9.47 Å². The van der Waals surface area contributed by atoms with Crippen molar-refractivity contribution in [2.45, 2.75) is 32.1 Å². The van der Waals surface area contributed by atoms with E-state index in [0.29, 0.717) is 0 Å². The topological polar surface area (TPSA) is 52.6 Å². The highest BCUT2D eigenvalue weighted by atomic mass is 32.2. The predicted octanol–water partition coefficient (Wildman–Crippen LogP) is 1.58.